The molecule has 0 heterocycles. The molecule has 0 aliphatic rings. The van der Waals surface area contributed by atoms with Gasteiger partial charge in [0.25, 0.3) is 0 Å². The number of amides is 1. The van der Waals surface area contributed by atoms with Crippen LogP contribution in [0.2, 0.25) is 0 Å². The number of ether oxygens (including phenoxy) is 5. The minimum Gasteiger partial charge on any atom is -0.497 e. The quantitative estimate of drug-likeness (QED) is 0.0183. The molecule has 92 heavy (non-hydrogen) atoms. The van der Waals surface area contributed by atoms with Gasteiger partial charge in [-0.2, -0.15) is 8.42 Å². The van der Waals surface area contributed by atoms with E-state index in [0.29, 0.717) is 68.6 Å². The van der Waals surface area contributed by atoms with Gasteiger partial charge in [-0.1, -0.05) is 129 Å². The van der Waals surface area contributed by atoms with Crippen LogP contribution in [0.1, 0.15) is 159 Å². The molecule has 4 atom stereocenters. The van der Waals surface area contributed by atoms with Gasteiger partial charge in [0.1, 0.15) is 42.0 Å². The number of thiocarbonyl (C=S) groups is 8. The number of benzene rings is 2. The molecule has 2 rings (SSSR count). The molecule has 0 saturated carbocycles. The number of aliphatic carboxylic acids is 2. The van der Waals surface area contributed by atoms with Gasteiger partial charge in [-0.15, -0.1) is 0 Å². The number of hydrogen-bond acceptors (Lipinski definition) is 27. The van der Waals surface area contributed by atoms with Crippen LogP contribution in [0.15, 0.2) is 48.5 Å². The van der Waals surface area contributed by atoms with E-state index in [0.717, 1.165) is 64.5 Å². The van der Waals surface area contributed by atoms with Gasteiger partial charge in [0.15, 0.2) is 0 Å². The Bertz CT molecular complexity index is 2680. The Kier molecular flexibility index (Phi) is 69.6. The first kappa shape index (κ1) is 101. The topological polar surface area (TPSA) is 335 Å². The molecule has 0 aliphatic carbocycles. The van der Waals surface area contributed by atoms with Crippen molar-refractivity contribution in [1.29, 1.82) is 0 Å². The average Bonchev–Trinajstić information content (AvgIpc) is 2.66. The number of hydrogen-bond donors (Lipinski definition) is 6. The number of Topliss-reactive ketones (excluding diaryl/α,β-unsaturated/α-hetero) is 1. The monoisotopic (exact) mass is 1460 g/mol. The standard InChI is InChI=1S/C10H10O2S.C9H10OS.C8H13NO3S.2C7H13NO2S.C7H13NOS.C5H8O2S.C4H10O4S.C4H8OS/c1-7(13)9-3-5-10(6-4-9)12-8(2)11;1-7(11)8-3-5-9(10-2)6-4-8;1-5(13)3-4-7(8(11)12)9-6(2)10;1-5(11)3-4-6(8)7(9)10-2;1-5(11)3-4-6(8-2)7(9)10;1-5(10)3-4-7(8)6(2)9;1-4(8)3-7-5(2)6;1-3-4-8-9(5,6)7-2;1-4(6)3-5-2/h3-6H,1-2H3;3-6H,1-2H3;7H,3-4H2,1-2H3,(H,9,10)(H,11,12);6H,3-4,8H2,1-2H3;6,8H,3-4H2,1-2H3,(H,9,10);7H,3-4,8H2,1-2H3;3H2,1-2H3;3-4H2,1-2H3;3H2,1-2H3. The van der Waals surface area contributed by atoms with E-state index in [1.807, 2.05) is 84.9 Å². The summed E-state index contributed by atoms with van der Waals surface area (Å²) in [6.45, 7) is 23.0. The molecule has 0 spiro atoms. The highest BCUT2D eigenvalue weighted by Gasteiger charge is 2.18. The summed E-state index contributed by atoms with van der Waals surface area (Å²) in [5.74, 6) is -1.69. The molecule has 0 bridgehead atoms. The first-order valence-electron chi connectivity index (χ1n) is 27.9. The number of nitrogens with two attached hydrogens (primary N) is 2. The summed E-state index contributed by atoms with van der Waals surface area (Å²) in [4.78, 5) is 80.3. The number of rotatable bonds is 30. The molecule has 31 heteroatoms. The number of carbonyl (C=O) groups excluding carboxylic acids is 5. The molecule has 0 radical (unpaired) electrons. The number of carboxylic acids is 2. The summed E-state index contributed by atoms with van der Waals surface area (Å²) in [7, 11) is 3.63. The van der Waals surface area contributed by atoms with E-state index in [9.17, 15) is 42.0 Å². The highest BCUT2D eigenvalue weighted by atomic mass is 32.3. The molecule has 4 unspecified atom stereocenters. The largest absolute Gasteiger partial charge is 0.497 e. The zero-order chi connectivity index (χ0) is 73.3. The van der Waals surface area contributed by atoms with Gasteiger partial charge in [-0.3, -0.25) is 33.0 Å². The van der Waals surface area contributed by atoms with E-state index < -0.39 is 40.5 Å². The van der Waals surface area contributed by atoms with Gasteiger partial charge in [0.05, 0.1) is 40.6 Å². The van der Waals surface area contributed by atoms with Crippen molar-refractivity contribution < 1.29 is 84.2 Å². The summed E-state index contributed by atoms with van der Waals surface area (Å²) in [6, 6.07) is 12.7. The molecule has 0 aromatic heterocycles. The SMILES string of the molecule is CC(=O)C(N)CCC(C)=S.CC(=O)NC(CCC(C)=S)C(=O)O.CC(=O)OCC(C)=S.CC(=O)Oc1ccc(C(C)=S)cc1.CCCOS(=O)(=O)OC.CNC(CCC(C)=S)C(=O)O.COC(=O)C(N)CCC(C)=S.COCC(C)=S.COc1ccc(C(C)=S)cc1. The lowest BCUT2D eigenvalue weighted by atomic mass is 10.1. The fraction of sp³-hybridized carbons (Fsp3) is 0.557. The first-order valence-corrected chi connectivity index (χ1v) is 32.5. The Hall–Kier alpha value is -4.84. The minimum absolute atomic E-state index is 0.0382. The molecule has 22 nitrogen and oxygen atoms in total. The van der Waals surface area contributed by atoms with Crippen LogP contribution >= 0.6 is 97.7 Å². The summed E-state index contributed by atoms with van der Waals surface area (Å²) < 4.78 is 52.4. The Morgan fingerprint density at radius 2 is 0.913 bits per heavy atom. The molecule has 2 aromatic rings. The van der Waals surface area contributed by atoms with Gasteiger partial charge in [-0.05, 0) is 182 Å². The highest BCUT2D eigenvalue weighted by Crippen LogP contribution is 2.14. The molecule has 1 amide bonds. The van der Waals surface area contributed by atoms with Crippen LogP contribution in [0.5, 0.6) is 11.5 Å². The minimum atomic E-state index is -3.68. The third-order valence-corrected chi connectivity index (χ3v) is 12.4. The molecule has 0 aliphatic heterocycles. The average molecular weight is 1460 g/mol. The van der Waals surface area contributed by atoms with E-state index in [1.165, 1.54) is 34.8 Å². The summed E-state index contributed by atoms with van der Waals surface area (Å²) in [5, 5.41) is 22.3. The van der Waals surface area contributed by atoms with Gasteiger partial charge in [-0.25, -0.2) is 8.98 Å². The van der Waals surface area contributed by atoms with Gasteiger partial charge in [0, 0.05) is 47.3 Å². The third kappa shape index (κ3) is 75.9. The maximum absolute atomic E-state index is 10.7. The van der Waals surface area contributed by atoms with Crippen molar-refractivity contribution in [3.63, 3.8) is 0 Å². The van der Waals surface area contributed by atoms with E-state index in [2.05, 4.69) is 57.6 Å². The Morgan fingerprint density at radius 3 is 1.16 bits per heavy atom. The van der Waals surface area contributed by atoms with Crippen molar-refractivity contribution in [2.24, 2.45) is 11.5 Å². The molecule has 524 valence electrons. The third-order valence-electron chi connectivity index (χ3n) is 10.0. The molecule has 0 saturated heterocycles. The van der Waals surface area contributed by atoms with Crippen molar-refractivity contribution >= 4 is 189 Å². The lowest BCUT2D eigenvalue weighted by Gasteiger charge is -2.12. The summed E-state index contributed by atoms with van der Waals surface area (Å²) in [5.41, 5.74) is 13.0. The number of nitrogens with one attached hydrogen (secondary N) is 2. The predicted molar refractivity (Wildman–Crippen MR) is 397 cm³/mol. The number of methoxy groups -OCH3 is 3. The maximum Gasteiger partial charge on any atom is 0.399 e. The van der Waals surface area contributed by atoms with Crippen LogP contribution in [0.4, 0.5) is 0 Å². The number of likely N-dealkylation sites (N-methyl/N-ethyl adjacent to an activating group) is 1. The second-order valence-corrected chi connectivity index (χ2v) is 25.8. The second kappa shape index (κ2) is 63.5. The Morgan fingerprint density at radius 1 is 0.533 bits per heavy atom. The maximum atomic E-state index is 10.7. The molecular weight excluding hydrogens is 1370 g/mol. The number of carbonyl (C=O) groups is 7. The van der Waals surface area contributed by atoms with Gasteiger partial charge in [0.2, 0.25) is 5.91 Å². The zero-order valence-corrected chi connectivity index (χ0v) is 63.5. The smallest absolute Gasteiger partial charge is 0.399 e. The Labute approximate surface area is 589 Å². The van der Waals surface area contributed by atoms with E-state index >= 15 is 0 Å². The number of ketones is 1. The normalized spacial score (nSPS) is 10.9. The molecule has 0 fully saturated rings. The van der Waals surface area contributed by atoms with Crippen LogP contribution in [0.3, 0.4) is 0 Å². The lowest BCUT2D eigenvalue weighted by Crippen LogP contribution is -2.39. The fourth-order valence-corrected chi connectivity index (χ4v) is 6.56. The Balaban J connectivity index is -0.000000178. The highest BCUT2D eigenvalue weighted by molar-refractivity contribution is 7.82. The zero-order valence-electron chi connectivity index (χ0n) is 56.2. The predicted octanol–water partition coefficient (Wildman–Crippen LogP) is 10.4. The van der Waals surface area contributed by atoms with Crippen LogP contribution in [-0.4, -0.2) is 179 Å². The molecular formula is C61H98N4O18S9. The first-order chi connectivity index (χ1) is 42.5. The van der Waals surface area contributed by atoms with E-state index in [4.69, 9.17) is 104 Å². The van der Waals surface area contributed by atoms with Crippen LogP contribution in [0, 0.1) is 0 Å². The summed E-state index contributed by atoms with van der Waals surface area (Å²) in [6.07, 6.45) is 5.53. The van der Waals surface area contributed by atoms with Crippen molar-refractivity contribution in [3.05, 3.63) is 59.7 Å². The van der Waals surface area contributed by atoms with Crippen LogP contribution in [-0.2, 0) is 66.5 Å². The summed E-state index contributed by atoms with van der Waals surface area (Å²) >= 11 is 38.6. The number of esters is 3. The van der Waals surface area contributed by atoms with Crippen molar-refractivity contribution in [2.75, 3.05) is 55.3 Å². The fourth-order valence-electron chi connectivity index (χ4n) is 5.17. The van der Waals surface area contributed by atoms with Crippen molar-refractivity contribution in [2.45, 2.75) is 172 Å². The molecule has 2 aromatic carbocycles. The second-order valence-electron chi connectivity index (χ2n) is 19.1. The van der Waals surface area contributed by atoms with Crippen molar-refractivity contribution in [3.8, 4) is 11.5 Å². The molecule has 8 N–H and O–H groups in total. The lowest BCUT2D eigenvalue weighted by molar-refractivity contribution is -0.142. The number of carboxylic acid groups (broad SMARTS) is 2. The van der Waals surface area contributed by atoms with Gasteiger partial charge < -0.3 is 56.0 Å². The van der Waals surface area contributed by atoms with Crippen LogP contribution < -0.4 is 31.6 Å². The van der Waals surface area contributed by atoms with E-state index in [1.54, 1.807) is 47.2 Å². The van der Waals surface area contributed by atoms with E-state index in [-0.39, 0.29) is 48.9 Å². The van der Waals surface area contributed by atoms with Gasteiger partial charge >= 0.3 is 40.2 Å². The van der Waals surface area contributed by atoms with Crippen molar-refractivity contribution in [1.82, 2.24) is 10.6 Å². The van der Waals surface area contributed by atoms with Crippen LogP contribution in [0.25, 0.3) is 0 Å².